The molecule has 0 radical (unpaired) electrons. The molecule has 0 aliphatic carbocycles. The zero-order valence-electron chi connectivity index (χ0n) is 23.1. The predicted molar refractivity (Wildman–Crippen MR) is 155 cm³/mol. The molecule has 2 saturated heterocycles. The fourth-order valence-corrected chi connectivity index (χ4v) is 5.85. The summed E-state index contributed by atoms with van der Waals surface area (Å²) < 4.78 is 38.3. The van der Waals surface area contributed by atoms with E-state index >= 15 is 0 Å². The number of hydrogen-bond donors (Lipinski definition) is 1. The van der Waals surface area contributed by atoms with Crippen LogP contribution in [0, 0.1) is 11.3 Å². The Morgan fingerprint density at radius 1 is 0.976 bits per heavy atom. The number of anilines is 1. The van der Waals surface area contributed by atoms with E-state index in [-0.39, 0.29) is 6.54 Å². The first-order valence-corrected chi connectivity index (χ1v) is 14.4. The van der Waals surface area contributed by atoms with E-state index in [0.29, 0.717) is 33.6 Å². The number of nitrogens with one attached hydrogen (secondary N) is 1. The maximum Gasteiger partial charge on any atom is 0.416 e. The van der Waals surface area contributed by atoms with Crippen molar-refractivity contribution in [1.29, 1.82) is 5.26 Å². The molecule has 2 aromatic carbocycles. The lowest BCUT2D eigenvalue weighted by Gasteiger charge is -2.43. The van der Waals surface area contributed by atoms with Gasteiger partial charge in [-0.2, -0.15) is 18.4 Å². The number of piperidine rings is 1. The van der Waals surface area contributed by atoms with Crippen LogP contribution in [0.2, 0.25) is 5.02 Å². The van der Waals surface area contributed by atoms with E-state index in [2.05, 4.69) is 31.1 Å². The van der Waals surface area contributed by atoms with E-state index in [0.717, 1.165) is 70.8 Å². The fraction of sp³-hybridized carbons (Fsp3) is 0.387. The van der Waals surface area contributed by atoms with E-state index in [1.54, 1.807) is 6.07 Å². The third-order valence-corrected chi connectivity index (χ3v) is 8.27. The molecule has 0 unspecified atom stereocenters. The number of carbonyl (C=O) groups excluding carboxylic acids is 1. The first-order valence-electron chi connectivity index (χ1n) is 14.0. The minimum Gasteiger partial charge on any atom is -0.353 e. The molecule has 2 aliphatic heterocycles. The maximum absolute atomic E-state index is 12.8. The molecule has 2 fully saturated rings. The topological polar surface area (TPSA) is 75.5 Å². The van der Waals surface area contributed by atoms with Gasteiger partial charge >= 0.3 is 6.18 Å². The van der Waals surface area contributed by atoms with Crippen LogP contribution in [0.15, 0.2) is 60.8 Å². The number of hydrogen-bond acceptors (Lipinski definition) is 6. The zero-order valence-corrected chi connectivity index (χ0v) is 23.8. The summed E-state index contributed by atoms with van der Waals surface area (Å²) in [5.41, 5.74) is 2.04. The highest BCUT2D eigenvalue weighted by atomic mass is 35.5. The van der Waals surface area contributed by atoms with Crippen molar-refractivity contribution in [3.05, 3.63) is 93.6 Å². The van der Waals surface area contributed by atoms with Crippen LogP contribution in [-0.4, -0.2) is 66.0 Å². The second-order valence-electron chi connectivity index (χ2n) is 10.7. The number of nitriles is 1. The number of likely N-dealkylation sites (tertiary alicyclic amines) is 1. The highest BCUT2D eigenvalue weighted by Crippen LogP contribution is 2.29. The van der Waals surface area contributed by atoms with E-state index in [4.69, 9.17) is 16.9 Å². The summed E-state index contributed by atoms with van der Waals surface area (Å²) in [6, 6.07) is 16.8. The second-order valence-corrected chi connectivity index (χ2v) is 11.2. The van der Waals surface area contributed by atoms with Crippen LogP contribution >= 0.6 is 11.6 Å². The average Bonchev–Trinajstić information content (AvgIpc) is 3.00. The van der Waals surface area contributed by atoms with Gasteiger partial charge in [-0.1, -0.05) is 35.9 Å². The van der Waals surface area contributed by atoms with Gasteiger partial charge in [0.25, 0.3) is 5.91 Å². The minimum absolute atomic E-state index is 0.0899. The molecule has 1 aromatic heterocycles. The van der Waals surface area contributed by atoms with Crippen molar-refractivity contribution < 1.29 is 18.0 Å². The van der Waals surface area contributed by atoms with E-state index in [1.165, 1.54) is 23.9 Å². The monoisotopic (exact) mass is 596 g/mol. The standard InChI is InChI=1S/C31H32ClF3N6O/c32-28-17-25(30(42)38-19-23-5-7-26(8-6-23)31(33,34)35)20-37-29(28)41-15-13-40(14-16-41)27-9-11-39(12-10-27)21-24-3-1-22(18-36)2-4-24/h1-8,17,20,27H,9-16,19,21H2,(H,38,42). The molecule has 11 heteroatoms. The SMILES string of the molecule is N#Cc1ccc(CN2CCC(N3CCN(c4ncc(C(=O)NCc5ccc(C(F)(F)F)cc5)cc4Cl)CC3)CC2)cc1. The smallest absolute Gasteiger partial charge is 0.353 e. The van der Waals surface area contributed by atoms with Crippen LogP contribution in [-0.2, 0) is 19.3 Å². The van der Waals surface area contributed by atoms with Crippen LogP contribution in [0.5, 0.6) is 0 Å². The summed E-state index contributed by atoms with van der Waals surface area (Å²) in [7, 11) is 0. The van der Waals surface area contributed by atoms with E-state index in [9.17, 15) is 18.0 Å². The molecule has 1 N–H and O–H groups in total. The largest absolute Gasteiger partial charge is 0.416 e. The zero-order chi connectivity index (χ0) is 29.7. The molecule has 3 heterocycles. The maximum atomic E-state index is 12.8. The highest BCUT2D eigenvalue weighted by molar-refractivity contribution is 6.33. The molecule has 220 valence electrons. The van der Waals surface area contributed by atoms with Gasteiger partial charge in [-0.15, -0.1) is 0 Å². The molecule has 3 aromatic rings. The van der Waals surface area contributed by atoms with Crippen LogP contribution in [0.25, 0.3) is 0 Å². The van der Waals surface area contributed by atoms with Gasteiger partial charge in [0.05, 0.1) is 27.8 Å². The summed E-state index contributed by atoms with van der Waals surface area (Å²) >= 11 is 6.54. The van der Waals surface area contributed by atoms with Gasteiger partial charge in [0.15, 0.2) is 0 Å². The number of pyridine rings is 1. The third-order valence-electron chi connectivity index (χ3n) is 7.99. The summed E-state index contributed by atoms with van der Waals surface area (Å²) in [5.74, 6) is 0.249. The molecule has 0 saturated carbocycles. The van der Waals surface area contributed by atoms with E-state index in [1.807, 2.05) is 24.3 Å². The van der Waals surface area contributed by atoms with Crippen molar-refractivity contribution in [2.24, 2.45) is 0 Å². The minimum atomic E-state index is -4.40. The molecule has 0 spiro atoms. The quantitative estimate of drug-likeness (QED) is 0.397. The van der Waals surface area contributed by atoms with E-state index < -0.39 is 17.6 Å². The Balaban J connectivity index is 1.07. The Labute approximate surface area is 248 Å². The Morgan fingerprint density at radius 2 is 1.62 bits per heavy atom. The number of nitrogens with zero attached hydrogens (tertiary/aromatic N) is 5. The van der Waals surface area contributed by atoms with Crippen molar-refractivity contribution in [3.8, 4) is 6.07 Å². The molecule has 0 bridgehead atoms. The molecule has 7 nitrogen and oxygen atoms in total. The van der Waals surface area contributed by atoms with Crippen molar-refractivity contribution >= 4 is 23.3 Å². The number of piperazine rings is 1. The van der Waals surface area contributed by atoms with Crippen LogP contribution < -0.4 is 10.2 Å². The average molecular weight is 597 g/mol. The fourth-order valence-electron chi connectivity index (χ4n) is 5.57. The molecular weight excluding hydrogens is 565 g/mol. The van der Waals surface area contributed by atoms with Crippen molar-refractivity contribution in [2.75, 3.05) is 44.2 Å². The highest BCUT2D eigenvalue weighted by Gasteiger charge is 2.30. The summed E-state index contributed by atoms with van der Waals surface area (Å²) in [5, 5.41) is 12.1. The number of amides is 1. The number of alkyl halides is 3. The Morgan fingerprint density at radius 3 is 2.21 bits per heavy atom. The van der Waals surface area contributed by atoms with Gasteiger partial charge in [-0.05, 0) is 67.4 Å². The lowest BCUT2D eigenvalue weighted by molar-refractivity contribution is -0.137. The van der Waals surface area contributed by atoms with Gasteiger partial charge in [-0.3, -0.25) is 14.6 Å². The van der Waals surface area contributed by atoms with Gasteiger partial charge in [0.1, 0.15) is 5.82 Å². The molecule has 2 aliphatic rings. The first-order chi connectivity index (χ1) is 20.2. The van der Waals surface area contributed by atoms with Gasteiger partial charge in [-0.25, -0.2) is 4.98 Å². The summed E-state index contributed by atoms with van der Waals surface area (Å²) in [6.07, 6.45) is -0.679. The number of rotatable bonds is 7. The number of halogens is 4. The van der Waals surface area contributed by atoms with Crippen LogP contribution in [0.4, 0.5) is 19.0 Å². The Hall–Kier alpha value is -3.65. The normalized spacial score (nSPS) is 17.2. The Kier molecular flexibility index (Phi) is 9.31. The van der Waals surface area contributed by atoms with Gasteiger partial charge in [0.2, 0.25) is 0 Å². The molecule has 0 atom stereocenters. The van der Waals surface area contributed by atoms with Gasteiger partial charge < -0.3 is 10.2 Å². The van der Waals surface area contributed by atoms with Crippen LogP contribution in [0.1, 0.15) is 45.5 Å². The van der Waals surface area contributed by atoms with Crippen LogP contribution in [0.3, 0.4) is 0 Å². The number of aromatic nitrogens is 1. The Bertz CT molecular complexity index is 1410. The predicted octanol–water partition coefficient (Wildman–Crippen LogP) is 5.34. The summed E-state index contributed by atoms with van der Waals surface area (Å²) in [6.45, 7) is 6.48. The van der Waals surface area contributed by atoms with Gasteiger partial charge in [0, 0.05) is 51.5 Å². The number of benzene rings is 2. The first kappa shape index (κ1) is 29.8. The van der Waals surface area contributed by atoms with Crippen molar-refractivity contribution in [3.63, 3.8) is 0 Å². The summed E-state index contributed by atoms with van der Waals surface area (Å²) in [4.78, 5) is 24.3. The lowest BCUT2D eigenvalue weighted by atomic mass is 10.0. The molecule has 42 heavy (non-hydrogen) atoms. The lowest BCUT2D eigenvalue weighted by Crippen LogP contribution is -2.53. The second kappa shape index (κ2) is 13.1. The molecule has 5 rings (SSSR count). The van der Waals surface area contributed by atoms with Crippen molar-refractivity contribution in [2.45, 2.75) is 38.1 Å². The van der Waals surface area contributed by atoms with Crippen molar-refractivity contribution in [1.82, 2.24) is 20.1 Å². The molecular formula is C31H32ClF3N6O. The number of carbonyl (C=O) groups is 1. The third kappa shape index (κ3) is 7.40. The molecule has 1 amide bonds.